The first-order valence-electron chi connectivity index (χ1n) is 7.95. The van der Waals surface area contributed by atoms with Crippen LogP contribution in [-0.2, 0) is 11.3 Å². The summed E-state index contributed by atoms with van der Waals surface area (Å²) in [4.78, 5) is 4.32. The quantitative estimate of drug-likeness (QED) is 0.778. The smallest absolute Gasteiger partial charge is 0.156 e. The van der Waals surface area contributed by atoms with Crippen LogP contribution < -0.4 is 5.32 Å². The first kappa shape index (κ1) is 14.8. The SMILES string of the molecule is N#Cc1ccc(-c2cc(CNCC3COC3)cc3ncnn23)cc1. The normalized spacial score (nSPS) is 14.5. The number of fused-ring (bicyclic) bond motifs is 1. The number of nitrogens with one attached hydrogen (secondary N) is 1. The molecule has 6 heteroatoms. The summed E-state index contributed by atoms with van der Waals surface area (Å²) in [6.45, 7) is 3.45. The molecule has 2 aromatic heterocycles. The minimum atomic E-state index is 0.625. The summed E-state index contributed by atoms with van der Waals surface area (Å²) in [5.41, 5.74) is 4.61. The molecule has 1 N–H and O–H groups in total. The Bertz CT molecular complexity index is 890. The van der Waals surface area contributed by atoms with Gasteiger partial charge in [-0.2, -0.15) is 10.4 Å². The fourth-order valence-electron chi connectivity index (χ4n) is 2.82. The third-order valence-electron chi connectivity index (χ3n) is 4.22. The zero-order valence-corrected chi connectivity index (χ0v) is 13.1. The van der Waals surface area contributed by atoms with E-state index < -0.39 is 0 Å². The molecule has 24 heavy (non-hydrogen) atoms. The topological polar surface area (TPSA) is 75.2 Å². The molecular formula is C18H17N5O. The summed E-state index contributed by atoms with van der Waals surface area (Å²) < 4.78 is 7.02. The zero-order chi connectivity index (χ0) is 16.4. The molecule has 1 aliphatic rings. The van der Waals surface area contributed by atoms with Gasteiger partial charge in [-0.05, 0) is 29.8 Å². The Hall–Kier alpha value is -2.75. The van der Waals surface area contributed by atoms with Gasteiger partial charge >= 0.3 is 0 Å². The predicted molar refractivity (Wildman–Crippen MR) is 89.2 cm³/mol. The second kappa shape index (κ2) is 6.40. The van der Waals surface area contributed by atoms with Crippen LogP contribution in [0.2, 0.25) is 0 Å². The van der Waals surface area contributed by atoms with Gasteiger partial charge in [-0.1, -0.05) is 12.1 Å². The van der Waals surface area contributed by atoms with Gasteiger partial charge in [0.05, 0.1) is 30.5 Å². The highest BCUT2D eigenvalue weighted by molar-refractivity contribution is 5.65. The van der Waals surface area contributed by atoms with Crippen molar-refractivity contribution in [2.45, 2.75) is 6.54 Å². The lowest BCUT2D eigenvalue weighted by Gasteiger charge is -2.26. The molecule has 0 saturated carbocycles. The van der Waals surface area contributed by atoms with Crippen LogP contribution in [0.5, 0.6) is 0 Å². The van der Waals surface area contributed by atoms with Crippen LogP contribution in [0, 0.1) is 17.2 Å². The molecule has 0 bridgehead atoms. The molecule has 3 heterocycles. The van der Waals surface area contributed by atoms with Gasteiger partial charge in [0.25, 0.3) is 0 Å². The molecule has 0 aliphatic carbocycles. The van der Waals surface area contributed by atoms with Crippen molar-refractivity contribution >= 4 is 5.65 Å². The summed E-state index contributed by atoms with van der Waals surface area (Å²) in [5, 5.41) is 16.7. The Morgan fingerprint density at radius 2 is 2.08 bits per heavy atom. The Morgan fingerprint density at radius 3 is 2.79 bits per heavy atom. The third kappa shape index (κ3) is 2.87. The molecule has 1 fully saturated rings. The van der Waals surface area contributed by atoms with E-state index in [2.05, 4.69) is 27.5 Å². The molecule has 0 radical (unpaired) electrons. The van der Waals surface area contributed by atoms with Crippen LogP contribution in [0.25, 0.3) is 16.9 Å². The number of aromatic nitrogens is 3. The largest absolute Gasteiger partial charge is 0.381 e. The molecule has 3 aromatic rings. The first-order chi connectivity index (χ1) is 11.8. The number of rotatable bonds is 5. The maximum atomic E-state index is 8.95. The number of hydrogen-bond donors (Lipinski definition) is 1. The van der Waals surface area contributed by atoms with Crippen LogP contribution in [0.1, 0.15) is 11.1 Å². The molecule has 0 spiro atoms. The number of benzene rings is 1. The van der Waals surface area contributed by atoms with Gasteiger partial charge in [-0.25, -0.2) is 9.50 Å². The molecule has 1 aromatic carbocycles. The van der Waals surface area contributed by atoms with Gasteiger partial charge in [-0.3, -0.25) is 0 Å². The van der Waals surface area contributed by atoms with Crippen molar-refractivity contribution in [1.29, 1.82) is 5.26 Å². The number of hydrogen-bond acceptors (Lipinski definition) is 5. The molecule has 0 amide bonds. The average molecular weight is 319 g/mol. The van der Waals surface area contributed by atoms with E-state index in [1.54, 1.807) is 6.33 Å². The van der Waals surface area contributed by atoms with Crippen molar-refractivity contribution < 1.29 is 4.74 Å². The minimum absolute atomic E-state index is 0.625. The van der Waals surface area contributed by atoms with E-state index in [0.717, 1.165) is 48.8 Å². The Balaban J connectivity index is 1.62. The monoisotopic (exact) mass is 319 g/mol. The zero-order valence-electron chi connectivity index (χ0n) is 13.1. The van der Waals surface area contributed by atoms with Crippen LogP contribution in [-0.4, -0.2) is 34.4 Å². The molecule has 120 valence electrons. The summed E-state index contributed by atoms with van der Waals surface area (Å²) in [7, 11) is 0. The van der Waals surface area contributed by atoms with Gasteiger partial charge in [0.2, 0.25) is 0 Å². The van der Waals surface area contributed by atoms with Crippen LogP contribution in [0.15, 0.2) is 42.7 Å². The molecule has 1 saturated heterocycles. The van der Waals surface area contributed by atoms with Gasteiger partial charge in [0, 0.05) is 24.6 Å². The van der Waals surface area contributed by atoms with Crippen molar-refractivity contribution in [2.75, 3.05) is 19.8 Å². The highest BCUT2D eigenvalue weighted by atomic mass is 16.5. The highest BCUT2D eigenvalue weighted by Gasteiger charge is 2.17. The fourth-order valence-corrected chi connectivity index (χ4v) is 2.82. The van der Waals surface area contributed by atoms with Crippen LogP contribution >= 0.6 is 0 Å². The standard InChI is InChI=1S/C18H17N5O/c19-7-13-1-3-16(4-2-13)17-5-14(6-18-21-12-22-23(17)18)8-20-9-15-10-24-11-15/h1-6,12,15,20H,8-11H2. The number of nitriles is 1. The minimum Gasteiger partial charge on any atom is -0.381 e. The maximum Gasteiger partial charge on any atom is 0.156 e. The van der Waals surface area contributed by atoms with E-state index in [4.69, 9.17) is 10.00 Å². The van der Waals surface area contributed by atoms with Crippen LogP contribution in [0.3, 0.4) is 0 Å². The average Bonchev–Trinajstić information content (AvgIpc) is 3.05. The molecule has 4 rings (SSSR count). The van der Waals surface area contributed by atoms with Gasteiger partial charge < -0.3 is 10.1 Å². The van der Waals surface area contributed by atoms with E-state index in [-0.39, 0.29) is 0 Å². The summed E-state index contributed by atoms with van der Waals surface area (Å²) in [6.07, 6.45) is 1.56. The molecule has 0 unspecified atom stereocenters. The fraction of sp³-hybridized carbons (Fsp3) is 0.278. The molecular weight excluding hydrogens is 302 g/mol. The van der Waals surface area contributed by atoms with E-state index >= 15 is 0 Å². The van der Waals surface area contributed by atoms with Crippen molar-refractivity contribution in [1.82, 2.24) is 19.9 Å². The van der Waals surface area contributed by atoms with Gasteiger partial charge in [0.15, 0.2) is 5.65 Å². The van der Waals surface area contributed by atoms with Gasteiger partial charge in [0.1, 0.15) is 6.33 Å². The Morgan fingerprint density at radius 1 is 1.25 bits per heavy atom. The lowest BCUT2D eigenvalue weighted by Crippen LogP contribution is -2.36. The first-order valence-corrected chi connectivity index (χ1v) is 7.95. The Kier molecular flexibility index (Phi) is 3.95. The molecule has 6 nitrogen and oxygen atoms in total. The summed E-state index contributed by atoms with van der Waals surface area (Å²) in [6, 6.07) is 13.8. The Labute approximate surface area is 139 Å². The maximum absolute atomic E-state index is 8.95. The van der Waals surface area contributed by atoms with E-state index in [1.807, 2.05) is 34.8 Å². The number of nitrogens with zero attached hydrogens (tertiary/aromatic N) is 4. The van der Waals surface area contributed by atoms with Crippen LogP contribution in [0.4, 0.5) is 0 Å². The number of ether oxygens (including phenoxy) is 1. The van der Waals surface area contributed by atoms with Crippen molar-refractivity contribution in [3.63, 3.8) is 0 Å². The van der Waals surface area contributed by atoms with Gasteiger partial charge in [-0.15, -0.1) is 0 Å². The predicted octanol–water partition coefficient (Wildman–Crippen LogP) is 2.00. The second-order valence-electron chi connectivity index (χ2n) is 6.00. The van der Waals surface area contributed by atoms with Crippen molar-refractivity contribution in [2.24, 2.45) is 5.92 Å². The van der Waals surface area contributed by atoms with Crippen molar-refractivity contribution in [3.05, 3.63) is 53.9 Å². The lowest BCUT2D eigenvalue weighted by molar-refractivity contribution is -0.0307. The van der Waals surface area contributed by atoms with E-state index in [9.17, 15) is 0 Å². The lowest BCUT2D eigenvalue weighted by atomic mass is 10.1. The number of pyridine rings is 1. The molecule has 0 atom stereocenters. The summed E-state index contributed by atoms with van der Waals surface area (Å²) in [5.74, 6) is 0.625. The highest BCUT2D eigenvalue weighted by Crippen LogP contribution is 2.22. The third-order valence-corrected chi connectivity index (χ3v) is 4.22. The second-order valence-corrected chi connectivity index (χ2v) is 6.00. The van der Waals surface area contributed by atoms with Crippen molar-refractivity contribution in [3.8, 4) is 17.3 Å². The van der Waals surface area contributed by atoms with E-state index in [0.29, 0.717) is 11.5 Å². The summed E-state index contributed by atoms with van der Waals surface area (Å²) >= 11 is 0. The molecule has 1 aliphatic heterocycles. The van der Waals surface area contributed by atoms with E-state index in [1.165, 1.54) is 0 Å².